The molecule has 1 aromatic heterocycles. The number of nitrogens with zero attached hydrogens (tertiary/aromatic N) is 5. The minimum absolute atomic E-state index is 0.00328. The Balaban J connectivity index is 1.53. The number of carbonyl (C=O) groups excluding carboxylic acids is 3. The lowest BCUT2D eigenvalue weighted by Crippen LogP contribution is -2.36. The SMILES string of the molecule is O=C([O-])C1=NN(c2ccc(SOO[O-])cc2)C(=O)/C1=C/C=C(/C=C/c1c(C(=O)O)nn(-c2ccc(S(=O)(=O)[O-])cc2)c1O)C(=O)N1CCCCC1. The second kappa shape index (κ2) is 15.5. The molecule has 2 aromatic carbocycles. The van der Waals surface area contributed by atoms with Gasteiger partial charge in [0.15, 0.2) is 5.69 Å². The van der Waals surface area contributed by atoms with Gasteiger partial charge >= 0.3 is 5.97 Å². The lowest BCUT2D eigenvalue weighted by molar-refractivity contribution is -0.777. The minimum Gasteiger partial charge on any atom is -0.744 e. The molecule has 20 heteroatoms. The maximum absolute atomic E-state index is 13.7. The first kappa shape index (κ1) is 36.6. The maximum atomic E-state index is 13.7. The van der Waals surface area contributed by atoms with Crippen LogP contribution in [0.4, 0.5) is 5.69 Å². The number of rotatable bonds is 12. The summed E-state index contributed by atoms with van der Waals surface area (Å²) in [6.45, 7) is 0.774. The van der Waals surface area contributed by atoms with Gasteiger partial charge in [0.2, 0.25) is 5.88 Å². The van der Waals surface area contributed by atoms with Crippen LogP contribution in [0.15, 0.2) is 92.8 Å². The van der Waals surface area contributed by atoms with Gasteiger partial charge < -0.3 is 34.8 Å². The zero-order valence-corrected chi connectivity index (χ0v) is 27.5. The van der Waals surface area contributed by atoms with Crippen LogP contribution in [0.1, 0.15) is 35.3 Å². The van der Waals surface area contributed by atoms with E-state index in [2.05, 4.69) is 19.6 Å². The third-order valence-corrected chi connectivity index (χ3v) is 8.97. The zero-order valence-electron chi connectivity index (χ0n) is 25.9. The molecule has 0 aliphatic carbocycles. The Morgan fingerprint density at radius 3 is 2.22 bits per heavy atom. The van der Waals surface area contributed by atoms with E-state index in [0.717, 1.165) is 64.7 Å². The second-order valence-electron chi connectivity index (χ2n) is 10.7. The highest BCUT2D eigenvalue weighted by Crippen LogP contribution is 2.30. The summed E-state index contributed by atoms with van der Waals surface area (Å²) in [5, 5.41) is 54.7. The van der Waals surface area contributed by atoms with Gasteiger partial charge in [-0.1, -0.05) is 0 Å². The Kier molecular flexibility index (Phi) is 11.1. The van der Waals surface area contributed by atoms with Crippen LogP contribution in [-0.4, -0.2) is 80.4 Å². The lowest BCUT2D eigenvalue weighted by Gasteiger charge is -2.27. The molecule has 2 amide bonds. The van der Waals surface area contributed by atoms with Gasteiger partial charge in [0.25, 0.3) is 11.8 Å². The molecular weight excluding hydrogens is 714 g/mol. The van der Waals surface area contributed by atoms with Crippen molar-refractivity contribution in [2.45, 2.75) is 29.1 Å². The quantitative estimate of drug-likeness (QED) is 0.0637. The van der Waals surface area contributed by atoms with Gasteiger partial charge in [-0.05, 0) is 92.1 Å². The molecule has 2 aliphatic heterocycles. The van der Waals surface area contributed by atoms with E-state index in [1.165, 1.54) is 29.2 Å². The molecule has 0 bridgehead atoms. The van der Waals surface area contributed by atoms with Crippen molar-refractivity contribution in [3.8, 4) is 11.6 Å². The largest absolute Gasteiger partial charge is 0.744 e. The number of likely N-dealkylation sites (tertiary alicyclic amines) is 1. The van der Waals surface area contributed by atoms with Crippen molar-refractivity contribution in [2.75, 3.05) is 18.1 Å². The van der Waals surface area contributed by atoms with Crippen molar-refractivity contribution in [2.24, 2.45) is 5.10 Å². The fourth-order valence-electron chi connectivity index (χ4n) is 5.08. The van der Waals surface area contributed by atoms with Gasteiger partial charge in [0, 0.05) is 23.6 Å². The molecule has 5 rings (SSSR count). The van der Waals surface area contributed by atoms with Crippen LogP contribution in [0.25, 0.3) is 11.8 Å². The van der Waals surface area contributed by atoms with Gasteiger partial charge in [-0.2, -0.15) is 24.2 Å². The number of carboxylic acids is 2. The van der Waals surface area contributed by atoms with Gasteiger partial charge in [-0.25, -0.2) is 13.2 Å². The third kappa shape index (κ3) is 8.23. The number of aromatic nitrogens is 2. The number of aromatic carboxylic acids is 1. The molecule has 0 radical (unpaired) electrons. The van der Waals surface area contributed by atoms with Gasteiger partial charge in [0.05, 0.1) is 45.4 Å². The summed E-state index contributed by atoms with van der Waals surface area (Å²) in [6, 6.07) is 9.82. The molecule has 0 spiro atoms. The summed E-state index contributed by atoms with van der Waals surface area (Å²) in [7, 11) is -4.79. The van der Waals surface area contributed by atoms with Crippen LogP contribution in [0, 0.1) is 0 Å². The first-order valence-electron chi connectivity index (χ1n) is 14.7. The van der Waals surface area contributed by atoms with Crippen LogP contribution >= 0.6 is 12.0 Å². The van der Waals surface area contributed by atoms with E-state index in [4.69, 9.17) is 0 Å². The smallest absolute Gasteiger partial charge is 0.357 e. The molecule has 3 heterocycles. The first-order valence-corrected chi connectivity index (χ1v) is 16.8. The number of carbonyl (C=O) groups is 4. The molecular formula is C31H24N5O13S2-3. The van der Waals surface area contributed by atoms with Gasteiger partial charge in [-0.3, -0.25) is 14.6 Å². The average Bonchev–Trinajstić information content (AvgIpc) is 3.63. The monoisotopic (exact) mass is 738 g/mol. The van der Waals surface area contributed by atoms with Crippen LogP contribution in [0.2, 0.25) is 0 Å². The number of aromatic hydroxyl groups is 1. The Hall–Kier alpha value is -5.64. The molecule has 0 unspecified atom stereocenters. The molecule has 0 saturated carbocycles. The number of aliphatic carboxylic acids is 1. The number of hydrogen-bond acceptors (Lipinski definition) is 15. The highest BCUT2D eigenvalue weighted by atomic mass is 32.2. The Morgan fingerprint density at radius 1 is 0.980 bits per heavy atom. The number of hydrogen-bond donors (Lipinski definition) is 2. The summed E-state index contributed by atoms with van der Waals surface area (Å²) in [5.74, 6) is -5.51. The lowest BCUT2D eigenvalue weighted by atomic mass is 10.1. The van der Waals surface area contributed by atoms with Crippen LogP contribution in [-0.2, 0) is 33.9 Å². The van der Waals surface area contributed by atoms with E-state index >= 15 is 0 Å². The number of carboxylic acid groups (broad SMARTS) is 2. The van der Waals surface area contributed by atoms with Crippen molar-refractivity contribution in [1.29, 1.82) is 0 Å². The van der Waals surface area contributed by atoms with Crippen LogP contribution in [0.3, 0.4) is 0 Å². The van der Waals surface area contributed by atoms with Crippen molar-refractivity contribution in [3.63, 3.8) is 0 Å². The van der Waals surface area contributed by atoms with Crippen LogP contribution in [0.5, 0.6) is 5.88 Å². The fourth-order valence-corrected chi connectivity index (χ4v) is 5.90. The molecule has 0 atom stereocenters. The predicted octanol–water partition coefficient (Wildman–Crippen LogP) is 0.442. The minimum atomic E-state index is -4.79. The number of benzene rings is 2. The summed E-state index contributed by atoms with van der Waals surface area (Å²) in [4.78, 5) is 52.5. The van der Waals surface area contributed by atoms with Crippen molar-refractivity contribution in [1.82, 2.24) is 14.7 Å². The molecule has 51 heavy (non-hydrogen) atoms. The van der Waals surface area contributed by atoms with E-state index in [9.17, 15) is 52.7 Å². The van der Waals surface area contributed by atoms with Crippen molar-refractivity contribution < 1.29 is 62.1 Å². The maximum Gasteiger partial charge on any atom is 0.357 e. The van der Waals surface area contributed by atoms with Crippen molar-refractivity contribution in [3.05, 3.63) is 89.2 Å². The number of anilines is 1. The molecule has 3 aromatic rings. The van der Waals surface area contributed by atoms with Gasteiger partial charge in [-0.15, -0.1) is 0 Å². The molecule has 2 N–H and O–H groups in total. The second-order valence-corrected chi connectivity index (χ2v) is 12.9. The van der Waals surface area contributed by atoms with E-state index in [1.807, 2.05) is 0 Å². The Morgan fingerprint density at radius 2 is 1.63 bits per heavy atom. The molecule has 1 fully saturated rings. The summed E-state index contributed by atoms with van der Waals surface area (Å²) >= 11 is 0.588. The highest BCUT2D eigenvalue weighted by molar-refractivity contribution is 7.94. The molecule has 266 valence electrons. The van der Waals surface area contributed by atoms with Gasteiger partial charge in [0.1, 0.15) is 15.8 Å². The summed E-state index contributed by atoms with van der Waals surface area (Å²) in [5.41, 5.74) is -2.19. The third-order valence-electron chi connectivity index (χ3n) is 7.53. The van der Waals surface area contributed by atoms with Crippen LogP contribution < -0.4 is 15.4 Å². The predicted molar refractivity (Wildman–Crippen MR) is 170 cm³/mol. The molecule has 18 nitrogen and oxygen atoms in total. The number of hydrazone groups is 1. The number of allylic oxidation sites excluding steroid dienone is 2. The molecule has 1 saturated heterocycles. The summed E-state index contributed by atoms with van der Waals surface area (Å²) in [6.07, 6.45) is 6.73. The standard InChI is InChI=1S/C31H27N5O13S2/c37-27(34-16-2-1-3-17-34)18(4-14-23-25(30(40)41)32-35(28(23)38)19-6-10-21(11-7-19)50-49-48-44)5-15-24-26(31(42)43)33-36(29(24)39)20-8-12-22(13-9-20)51(45,46)47/h4-15,39,44H,1-3,16-17H2,(H,40,41)(H,42,43)(H,45,46,47)/p-3/b15-5+,18-4-,23-14+. The highest BCUT2D eigenvalue weighted by Gasteiger charge is 2.32. The van der Waals surface area contributed by atoms with E-state index in [1.54, 1.807) is 0 Å². The van der Waals surface area contributed by atoms with Crippen molar-refractivity contribution >= 4 is 63.4 Å². The zero-order chi connectivity index (χ0) is 36.9. The summed E-state index contributed by atoms with van der Waals surface area (Å²) < 4.78 is 39.0. The first-order chi connectivity index (χ1) is 24.3. The Labute approximate surface area is 292 Å². The van der Waals surface area contributed by atoms with E-state index in [-0.39, 0.29) is 22.5 Å². The fraction of sp³-hybridized carbons (Fsp3) is 0.161. The topological polar surface area (TPSA) is 267 Å². The average molecular weight is 739 g/mol. The normalized spacial score (nSPS) is 16.3. The van der Waals surface area contributed by atoms with E-state index in [0.29, 0.717) is 42.9 Å². The molecule has 2 aliphatic rings. The number of amides is 2. The van der Waals surface area contributed by atoms with E-state index < -0.39 is 61.6 Å². The Bertz CT molecular complexity index is 2100. The number of piperidine rings is 1.